The molecule has 2 aromatic rings. The maximum atomic E-state index is 13.5. The first kappa shape index (κ1) is 18.3. The highest BCUT2D eigenvalue weighted by molar-refractivity contribution is 5.95. The Bertz CT molecular complexity index is 800. The van der Waals surface area contributed by atoms with Gasteiger partial charge >= 0.3 is 6.18 Å². The van der Waals surface area contributed by atoms with E-state index in [0.717, 1.165) is 11.6 Å². The zero-order valence-electron chi connectivity index (χ0n) is 14.6. The Morgan fingerprint density at radius 2 is 1.85 bits per heavy atom. The van der Waals surface area contributed by atoms with E-state index < -0.39 is 17.7 Å². The van der Waals surface area contributed by atoms with Gasteiger partial charge in [0.2, 0.25) is 5.91 Å². The zero-order chi connectivity index (χ0) is 18.9. The number of amides is 1. The van der Waals surface area contributed by atoms with Gasteiger partial charge in [-0.3, -0.25) is 4.79 Å². The van der Waals surface area contributed by atoms with E-state index in [9.17, 15) is 18.0 Å². The van der Waals surface area contributed by atoms with Crippen molar-refractivity contribution >= 4 is 11.6 Å². The minimum atomic E-state index is -4.47. The number of halogens is 3. The van der Waals surface area contributed by atoms with Crippen molar-refractivity contribution < 1.29 is 22.7 Å². The molecule has 0 aliphatic carbocycles. The quantitative estimate of drug-likeness (QED) is 0.832. The van der Waals surface area contributed by atoms with Crippen LogP contribution in [0.2, 0.25) is 0 Å². The molecule has 1 aliphatic heterocycles. The Morgan fingerprint density at radius 3 is 2.42 bits per heavy atom. The average Bonchev–Trinajstić information content (AvgIpc) is 2.75. The molecule has 26 heavy (non-hydrogen) atoms. The van der Waals surface area contributed by atoms with Crippen molar-refractivity contribution in [2.24, 2.45) is 5.92 Å². The van der Waals surface area contributed by atoms with E-state index in [-0.39, 0.29) is 29.5 Å². The number of benzene rings is 2. The van der Waals surface area contributed by atoms with Crippen molar-refractivity contribution in [3.8, 4) is 5.75 Å². The molecule has 1 heterocycles. The number of ether oxygens (including phenoxy) is 1. The number of carbonyl (C=O) groups is 1. The van der Waals surface area contributed by atoms with Gasteiger partial charge in [-0.2, -0.15) is 13.2 Å². The molecule has 0 spiro atoms. The highest BCUT2D eigenvalue weighted by atomic mass is 19.4. The number of rotatable bonds is 3. The Kier molecular flexibility index (Phi) is 4.94. The van der Waals surface area contributed by atoms with Gasteiger partial charge < -0.3 is 10.1 Å². The van der Waals surface area contributed by atoms with E-state index in [1.165, 1.54) is 12.1 Å². The van der Waals surface area contributed by atoms with E-state index in [0.29, 0.717) is 12.2 Å². The molecule has 2 aromatic carbocycles. The number of anilines is 1. The van der Waals surface area contributed by atoms with Crippen LogP contribution >= 0.6 is 0 Å². The average molecular weight is 363 g/mol. The molecule has 2 unspecified atom stereocenters. The molecule has 0 radical (unpaired) electrons. The summed E-state index contributed by atoms with van der Waals surface area (Å²) in [5.41, 5.74) is 0.535. The van der Waals surface area contributed by atoms with Crippen LogP contribution in [-0.4, -0.2) is 13.0 Å². The highest BCUT2D eigenvalue weighted by Gasteiger charge is 2.39. The number of alkyl halides is 3. The van der Waals surface area contributed by atoms with Crippen LogP contribution in [0.5, 0.6) is 5.75 Å². The lowest BCUT2D eigenvalue weighted by Crippen LogP contribution is -2.26. The van der Waals surface area contributed by atoms with Crippen LogP contribution in [0.25, 0.3) is 0 Å². The number of nitrogens with one attached hydrogen (secondary N) is 1. The summed E-state index contributed by atoms with van der Waals surface area (Å²) in [4.78, 5) is 12.7. The fourth-order valence-electron chi connectivity index (χ4n) is 3.63. The van der Waals surface area contributed by atoms with Gasteiger partial charge in [0.1, 0.15) is 5.75 Å². The lowest BCUT2D eigenvalue weighted by Gasteiger charge is -2.24. The smallest absolute Gasteiger partial charge is 0.416 e. The lowest BCUT2D eigenvalue weighted by molar-refractivity contribution is -0.138. The number of hydrogen-bond donors (Lipinski definition) is 1. The van der Waals surface area contributed by atoms with Crippen LogP contribution in [0.1, 0.15) is 36.0 Å². The second-order valence-corrected chi connectivity index (χ2v) is 6.42. The van der Waals surface area contributed by atoms with Crippen LogP contribution in [-0.2, 0) is 17.4 Å². The van der Waals surface area contributed by atoms with Gasteiger partial charge in [-0.25, -0.2) is 0 Å². The molecule has 1 aliphatic rings. The molecule has 3 nitrogen and oxygen atoms in total. The summed E-state index contributed by atoms with van der Waals surface area (Å²) < 4.78 is 45.6. The molecule has 1 amide bonds. The third-order valence-electron chi connectivity index (χ3n) is 4.97. The minimum Gasteiger partial charge on any atom is -0.497 e. The first-order valence-corrected chi connectivity index (χ1v) is 8.49. The van der Waals surface area contributed by atoms with Gasteiger partial charge in [-0.05, 0) is 54.2 Å². The first-order chi connectivity index (χ1) is 12.3. The summed E-state index contributed by atoms with van der Waals surface area (Å²) in [5, 5.41) is 2.69. The lowest BCUT2D eigenvalue weighted by atomic mass is 9.80. The summed E-state index contributed by atoms with van der Waals surface area (Å²) >= 11 is 0. The first-order valence-electron chi connectivity index (χ1n) is 8.49. The summed E-state index contributed by atoms with van der Waals surface area (Å²) in [6.07, 6.45) is -3.78. The van der Waals surface area contributed by atoms with Crippen LogP contribution in [0.4, 0.5) is 18.9 Å². The third-order valence-corrected chi connectivity index (χ3v) is 4.97. The van der Waals surface area contributed by atoms with Gasteiger partial charge in [0.15, 0.2) is 0 Å². The SMILES string of the molecule is CCC1C(=O)Nc2cccc(C(F)(F)F)c2CC1c1ccc(OC)cc1. The predicted molar refractivity (Wildman–Crippen MR) is 93.3 cm³/mol. The summed E-state index contributed by atoms with van der Waals surface area (Å²) in [7, 11) is 1.55. The van der Waals surface area contributed by atoms with Crippen molar-refractivity contribution in [1.82, 2.24) is 0 Å². The maximum Gasteiger partial charge on any atom is 0.416 e. The molecule has 0 aromatic heterocycles. The van der Waals surface area contributed by atoms with E-state index in [1.807, 2.05) is 19.1 Å². The summed E-state index contributed by atoms with van der Waals surface area (Å²) in [6.45, 7) is 1.88. The van der Waals surface area contributed by atoms with Gasteiger partial charge in [-0.1, -0.05) is 25.1 Å². The van der Waals surface area contributed by atoms with Crippen LogP contribution < -0.4 is 10.1 Å². The second-order valence-electron chi connectivity index (χ2n) is 6.42. The molecule has 1 N–H and O–H groups in total. The number of methoxy groups -OCH3 is 1. The highest BCUT2D eigenvalue weighted by Crippen LogP contribution is 2.42. The predicted octanol–water partition coefficient (Wildman–Crippen LogP) is 5.02. The van der Waals surface area contributed by atoms with E-state index >= 15 is 0 Å². The molecule has 6 heteroatoms. The molecular weight excluding hydrogens is 343 g/mol. The second kappa shape index (κ2) is 7.02. The number of hydrogen-bond acceptors (Lipinski definition) is 2. The molecule has 0 saturated carbocycles. The molecular formula is C20H20F3NO2. The van der Waals surface area contributed by atoms with Crippen molar-refractivity contribution in [2.45, 2.75) is 31.9 Å². The molecule has 3 rings (SSSR count). The van der Waals surface area contributed by atoms with E-state index in [2.05, 4.69) is 5.32 Å². The Labute approximate surface area is 150 Å². The van der Waals surface area contributed by atoms with Gasteiger partial charge in [0.05, 0.1) is 12.7 Å². The Hall–Kier alpha value is -2.50. The summed E-state index contributed by atoms with van der Waals surface area (Å²) in [6, 6.07) is 11.1. The maximum absolute atomic E-state index is 13.5. The van der Waals surface area contributed by atoms with Gasteiger partial charge in [-0.15, -0.1) is 0 Å². The normalized spacial score (nSPS) is 20.1. The number of carbonyl (C=O) groups excluding carboxylic acids is 1. The molecule has 138 valence electrons. The Balaban J connectivity index is 2.10. The zero-order valence-corrected chi connectivity index (χ0v) is 14.6. The molecule has 0 saturated heterocycles. The largest absolute Gasteiger partial charge is 0.497 e. The summed E-state index contributed by atoms with van der Waals surface area (Å²) in [5.74, 6) is -0.324. The fraction of sp³-hybridized carbons (Fsp3) is 0.350. The molecule has 0 fully saturated rings. The van der Waals surface area contributed by atoms with E-state index in [1.54, 1.807) is 19.2 Å². The Morgan fingerprint density at radius 1 is 1.15 bits per heavy atom. The van der Waals surface area contributed by atoms with Crippen LogP contribution in [0.15, 0.2) is 42.5 Å². The van der Waals surface area contributed by atoms with Crippen LogP contribution in [0.3, 0.4) is 0 Å². The van der Waals surface area contributed by atoms with Crippen LogP contribution in [0, 0.1) is 5.92 Å². The van der Waals surface area contributed by atoms with Crippen molar-refractivity contribution in [2.75, 3.05) is 12.4 Å². The molecule has 2 atom stereocenters. The minimum absolute atomic E-state index is 0.144. The van der Waals surface area contributed by atoms with Gasteiger partial charge in [0, 0.05) is 11.6 Å². The van der Waals surface area contributed by atoms with E-state index in [4.69, 9.17) is 4.74 Å². The van der Waals surface area contributed by atoms with Crippen molar-refractivity contribution in [3.63, 3.8) is 0 Å². The molecule has 0 bridgehead atoms. The standard InChI is InChI=1S/C20H20F3NO2/c1-3-14-15(12-7-9-13(26-2)10-8-12)11-16-17(20(21,22)23)5-4-6-18(16)24-19(14)25/h4-10,14-15H,3,11H2,1-2H3,(H,24,25). The topological polar surface area (TPSA) is 38.3 Å². The monoisotopic (exact) mass is 363 g/mol. The fourth-order valence-corrected chi connectivity index (χ4v) is 3.63. The van der Waals surface area contributed by atoms with Gasteiger partial charge in [0.25, 0.3) is 0 Å². The van der Waals surface area contributed by atoms with Crippen molar-refractivity contribution in [1.29, 1.82) is 0 Å². The third kappa shape index (κ3) is 3.41. The van der Waals surface area contributed by atoms with Crippen molar-refractivity contribution in [3.05, 3.63) is 59.2 Å². The number of fused-ring (bicyclic) bond motifs is 1.